The third kappa shape index (κ3) is 3.71. The highest BCUT2D eigenvalue weighted by molar-refractivity contribution is 7.12. The van der Waals surface area contributed by atoms with E-state index >= 15 is 0 Å². The molecule has 118 valence electrons. The molecule has 2 N–H and O–H groups in total. The van der Waals surface area contributed by atoms with Gasteiger partial charge in [-0.15, -0.1) is 11.3 Å². The molecule has 1 amide bonds. The molecule has 0 spiro atoms. The molecule has 7 nitrogen and oxygen atoms in total. The molecule has 0 radical (unpaired) electrons. The van der Waals surface area contributed by atoms with Gasteiger partial charge in [-0.05, 0) is 19.9 Å². The number of hydrogen-bond acceptors (Lipinski definition) is 5. The molecule has 8 heteroatoms. The largest absolute Gasteiger partial charge is 0.480 e. The maximum absolute atomic E-state index is 12.2. The first-order chi connectivity index (χ1) is 10.5. The van der Waals surface area contributed by atoms with Gasteiger partial charge in [0, 0.05) is 29.5 Å². The molecule has 2 heterocycles. The van der Waals surface area contributed by atoms with Crippen LogP contribution in [0.2, 0.25) is 0 Å². The third-order valence-electron chi connectivity index (χ3n) is 3.04. The maximum Gasteiger partial charge on any atom is 0.329 e. The number of rotatable bonds is 7. The molecule has 0 atom stereocenters. The van der Waals surface area contributed by atoms with Gasteiger partial charge in [-0.2, -0.15) is 0 Å². The molecule has 0 aliphatic carbocycles. The zero-order valence-corrected chi connectivity index (χ0v) is 13.1. The van der Waals surface area contributed by atoms with E-state index in [9.17, 15) is 9.59 Å². The summed E-state index contributed by atoms with van der Waals surface area (Å²) in [7, 11) is 0. The summed E-state index contributed by atoms with van der Waals surface area (Å²) in [5, 5.41) is 13.9. The number of carbonyl (C=O) groups excluding carboxylic acids is 1. The first-order valence-electron chi connectivity index (χ1n) is 6.67. The van der Waals surface area contributed by atoms with Crippen LogP contribution in [0.4, 0.5) is 0 Å². The van der Waals surface area contributed by atoms with Crippen LogP contribution in [0.25, 0.3) is 5.13 Å². The van der Waals surface area contributed by atoms with Gasteiger partial charge in [-0.3, -0.25) is 9.36 Å². The fourth-order valence-electron chi connectivity index (χ4n) is 2.10. The minimum atomic E-state index is -1.03. The molecule has 0 aromatic carbocycles. The van der Waals surface area contributed by atoms with Crippen molar-refractivity contribution < 1.29 is 19.4 Å². The van der Waals surface area contributed by atoms with Crippen LogP contribution in [-0.4, -0.2) is 46.3 Å². The number of amides is 1. The Labute approximate surface area is 131 Å². The summed E-state index contributed by atoms with van der Waals surface area (Å²) in [6.07, 6.45) is 1.72. The Morgan fingerprint density at radius 1 is 1.45 bits per heavy atom. The Kier molecular flexibility index (Phi) is 5.29. The van der Waals surface area contributed by atoms with Crippen LogP contribution < -0.4 is 5.32 Å². The second-order valence-electron chi connectivity index (χ2n) is 4.64. The Hall–Kier alpha value is -2.19. The molecule has 0 aliphatic rings. The van der Waals surface area contributed by atoms with Crippen LogP contribution in [0.3, 0.4) is 0 Å². The van der Waals surface area contributed by atoms with Crippen LogP contribution in [0.1, 0.15) is 21.7 Å². The predicted octanol–water partition coefficient (Wildman–Crippen LogP) is 1.38. The average Bonchev–Trinajstić information content (AvgIpc) is 3.06. The van der Waals surface area contributed by atoms with E-state index in [0.717, 1.165) is 16.5 Å². The van der Waals surface area contributed by atoms with Gasteiger partial charge in [0.15, 0.2) is 5.13 Å². The van der Waals surface area contributed by atoms with E-state index in [2.05, 4.69) is 10.3 Å². The Morgan fingerprint density at radius 3 is 2.86 bits per heavy atom. The molecule has 2 aromatic heterocycles. The number of aliphatic carboxylic acids is 1. The summed E-state index contributed by atoms with van der Waals surface area (Å²) in [5.41, 5.74) is 2.32. The molecule has 0 unspecified atom stereocenters. The highest BCUT2D eigenvalue weighted by Crippen LogP contribution is 2.22. The number of carboxylic acids is 1. The van der Waals surface area contributed by atoms with Gasteiger partial charge < -0.3 is 15.2 Å². The first-order valence-corrected chi connectivity index (χ1v) is 7.55. The van der Waals surface area contributed by atoms with Crippen LogP contribution in [-0.2, 0) is 9.53 Å². The number of nitrogens with one attached hydrogen (secondary N) is 1. The van der Waals surface area contributed by atoms with Crippen molar-refractivity contribution >= 4 is 23.2 Å². The van der Waals surface area contributed by atoms with Crippen molar-refractivity contribution in [2.75, 3.05) is 19.8 Å². The molecule has 0 saturated carbocycles. The summed E-state index contributed by atoms with van der Waals surface area (Å²) in [6.45, 7) is 3.83. The lowest BCUT2D eigenvalue weighted by Gasteiger charge is -2.07. The van der Waals surface area contributed by atoms with Gasteiger partial charge in [0.2, 0.25) is 0 Å². The molecule has 0 saturated heterocycles. The fourth-order valence-corrected chi connectivity index (χ4v) is 2.86. The molecular weight excluding hydrogens is 306 g/mol. The smallest absolute Gasteiger partial charge is 0.329 e. The Balaban J connectivity index is 1.99. The van der Waals surface area contributed by atoms with E-state index in [1.54, 1.807) is 6.20 Å². The van der Waals surface area contributed by atoms with Gasteiger partial charge in [0.1, 0.15) is 6.61 Å². The number of ether oxygens (including phenoxy) is 1. The van der Waals surface area contributed by atoms with Crippen molar-refractivity contribution in [3.8, 4) is 5.13 Å². The summed E-state index contributed by atoms with van der Waals surface area (Å²) in [5.74, 6) is -1.24. The van der Waals surface area contributed by atoms with E-state index in [-0.39, 0.29) is 25.7 Å². The van der Waals surface area contributed by atoms with E-state index in [1.807, 2.05) is 29.9 Å². The average molecular weight is 323 g/mol. The lowest BCUT2D eigenvalue weighted by Crippen LogP contribution is -2.28. The molecule has 22 heavy (non-hydrogen) atoms. The molecule has 2 aromatic rings. The summed E-state index contributed by atoms with van der Waals surface area (Å²) in [6, 6.07) is 1.81. The van der Waals surface area contributed by atoms with E-state index < -0.39 is 5.97 Å². The number of nitrogens with zero attached hydrogens (tertiary/aromatic N) is 2. The predicted molar refractivity (Wildman–Crippen MR) is 81.7 cm³/mol. The van der Waals surface area contributed by atoms with Crippen LogP contribution in [0.5, 0.6) is 0 Å². The molecule has 2 rings (SSSR count). The summed E-state index contributed by atoms with van der Waals surface area (Å²) >= 11 is 1.50. The number of carbonyl (C=O) groups is 2. The van der Waals surface area contributed by atoms with E-state index in [4.69, 9.17) is 9.84 Å². The van der Waals surface area contributed by atoms with Crippen molar-refractivity contribution in [3.05, 3.63) is 34.6 Å². The Morgan fingerprint density at radius 2 is 2.23 bits per heavy atom. The van der Waals surface area contributed by atoms with Crippen molar-refractivity contribution in [1.82, 2.24) is 14.9 Å². The highest BCUT2D eigenvalue weighted by atomic mass is 32.1. The molecule has 0 fully saturated rings. The fraction of sp³-hybridized carbons (Fsp3) is 0.357. The maximum atomic E-state index is 12.2. The second-order valence-corrected chi connectivity index (χ2v) is 5.51. The van der Waals surface area contributed by atoms with Crippen LogP contribution in [0, 0.1) is 13.8 Å². The standard InChI is InChI=1S/C14H17N3O4S/c1-9-7-11(10(2)17(9)14-16-4-6-22-14)13(20)15-3-5-21-8-12(18)19/h4,6-7H,3,5,8H2,1-2H3,(H,15,20)(H,18,19). The SMILES string of the molecule is Cc1cc(C(=O)NCCOCC(=O)O)c(C)n1-c1nccs1. The Bertz CT molecular complexity index is 664. The zero-order chi connectivity index (χ0) is 16.1. The van der Waals surface area contributed by atoms with Gasteiger partial charge in [0.25, 0.3) is 5.91 Å². The van der Waals surface area contributed by atoms with E-state index in [0.29, 0.717) is 5.56 Å². The normalized spacial score (nSPS) is 10.6. The van der Waals surface area contributed by atoms with Crippen molar-refractivity contribution in [2.24, 2.45) is 0 Å². The topological polar surface area (TPSA) is 93.5 Å². The van der Waals surface area contributed by atoms with Gasteiger partial charge in [-0.1, -0.05) is 0 Å². The highest BCUT2D eigenvalue weighted by Gasteiger charge is 2.17. The lowest BCUT2D eigenvalue weighted by molar-refractivity contribution is -0.142. The van der Waals surface area contributed by atoms with Crippen molar-refractivity contribution in [1.29, 1.82) is 0 Å². The van der Waals surface area contributed by atoms with Crippen molar-refractivity contribution in [3.63, 3.8) is 0 Å². The van der Waals surface area contributed by atoms with Gasteiger partial charge >= 0.3 is 5.97 Å². The second kappa shape index (κ2) is 7.19. The van der Waals surface area contributed by atoms with Crippen LogP contribution >= 0.6 is 11.3 Å². The number of thiazole rings is 1. The molecule has 0 aliphatic heterocycles. The quantitative estimate of drug-likeness (QED) is 0.751. The summed E-state index contributed by atoms with van der Waals surface area (Å²) < 4.78 is 6.80. The third-order valence-corrected chi connectivity index (χ3v) is 3.80. The first kappa shape index (κ1) is 16.2. The van der Waals surface area contributed by atoms with Gasteiger partial charge in [0.05, 0.1) is 12.2 Å². The number of aryl methyl sites for hydroxylation is 1. The lowest BCUT2D eigenvalue weighted by atomic mass is 10.2. The van der Waals surface area contributed by atoms with Crippen LogP contribution in [0.15, 0.2) is 17.6 Å². The summed E-state index contributed by atoms with van der Waals surface area (Å²) in [4.78, 5) is 26.7. The van der Waals surface area contributed by atoms with E-state index in [1.165, 1.54) is 11.3 Å². The molecule has 0 bridgehead atoms. The minimum Gasteiger partial charge on any atom is -0.480 e. The number of carboxylic acid groups (broad SMARTS) is 1. The zero-order valence-electron chi connectivity index (χ0n) is 12.3. The number of aromatic nitrogens is 2. The minimum absolute atomic E-state index is 0.156. The molecular formula is C14H17N3O4S. The van der Waals surface area contributed by atoms with Crippen molar-refractivity contribution in [2.45, 2.75) is 13.8 Å². The number of hydrogen-bond donors (Lipinski definition) is 2. The monoisotopic (exact) mass is 323 g/mol. The van der Waals surface area contributed by atoms with Gasteiger partial charge in [-0.25, -0.2) is 9.78 Å².